The lowest BCUT2D eigenvalue weighted by molar-refractivity contribution is 0.0699. The minimum absolute atomic E-state index is 0.346. The van der Waals surface area contributed by atoms with Crippen molar-refractivity contribution in [3.8, 4) is 0 Å². The molecule has 0 saturated carbocycles. The number of rotatable bonds is 3. The van der Waals surface area contributed by atoms with Gasteiger partial charge in [-0.25, -0.2) is 4.79 Å². The first-order chi connectivity index (χ1) is 10.1. The first kappa shape index (κ1) is 13.7. The Balaban J connectivity index is 2.12. The molecule has 0 aliphatic carbocycles. The van der Waals surface area contributed by atoms with Crippen molar-refractivity contribution < 1.29 is 9.90 Å². The molecule has 21 heavy (non-hydrogen) atoms. The largest absolute Gasteiger partial charge is 0.478 e. The highest BCUT2D eigenvalue weighted by atomic mass is 32.2. The summed E-state index contributed by atoms with van der Waals surface area (Å²) in [4.78, 5) is 13.5. The maximum absolute atomic E-state index is 11.3. The molecule has 0 bridgehead atoms. The van der Waals surface area contributed by atoms with Crippen molar-refractivity contribution in [1.82, 2.24) is 0 Å². The van der Waals surface area contributed by atoms with Crippen molar-refractivity contribution in [2.45, 2.75) is 16.7 Å². The van der Waals surface area contributed by atoms with Gasteiger partial charge in [0.2, 0.25) is 0 Å². The minimum Gasteiger partial charge on any atom is -0.478 e. The normalized spacial score (nSPS) is 10.7. The van der Waals surface area contributed by atoms with Crippen molar-refractivity contribution in [1.29, 1.82) is 0 Å². The fraction of sp³-hybridized carbons (Fsp3) is 0.0556. The summed E-state index contributed by atoms with van der Waals surface area (Å²) >= 11 is 1.66. The van der Waals surface area contributed by atoms with Crippen LogP contribution >= 0.6 is 11.8 Å². The molecule has 0 aromatic heterocycles. The fourth-order valence-electron chi connectivity index (χ4n) is 2.35. The molecule has 104 valence electrons. The maximum Gasteiger partial charge on any atom is 0.336 e. The van der Waals surface area contributed by atoms with Gasteiger partial charge in [-0.2, -0.15) is 0 Å². The molecule has 0 aliphatic heterocycles. The highest BCUT2D eigenvalue weighted by molar-refractivity contribution is 7.99. The lowest BCUT2D eigenvalue weighted by atomic mass is 10.0. The molecule has 0 saturated heterocycles. The first-order valence-corrected chi connectivity index (χ1v) is 7.46. The zero-order valence-electron chi connectivity index (χ0n) is 11.5. The number of carbonyl (C=O) groups is 1. The van der Waals surface area contributed by atoms with E-state index in [4.69, 9.17) is 0 Å². The van der Waals surface area contributed by atoms with Crippen LogP contribution in [0.3, 0.4) is 0 Å². The molecule has 0 unspecified atom stereocenters. The summed E-state index contributed by atoms with van der Waals surface area (Å²) in [7, 11) is 0. The van der Waals surface area contributed by atoms with Crippen molar-refractivity contribution in [3.63, 3.8) is 0 Å². The summed E-state index contributed by atoms with van der Waals surface area (Å²) in [5.41, 5.74) is 1.56. The highest BCUT2D eigenvalue weighted by Gasteiger charge is 2.11. The van der Waals surface area contributed by atoms with E-state index in [0.29, 0.717) is 5.56 Å². The molecule has 0 spiro atoms. The molecule has 3 heteroatoms. The molecule has 0 heterocycles. The fourth-order valence-corrected chi connectivity index (χ4v) is 3.42. The van der Waals surface area contributed by atoms with Gasteiger partial charge in [-0.15, -0.1) is 0 Å². The monoisotopic (exact) mass is 294 g/mol. The zero-order valence-corrected chi connectivity index (χ0v) is 12.4. The maximum atomic E-state index is 11.3. The van der Waals surface area contributed by atoms with Crippen molar-refractivity contribution >= 4 is 28.5 Å². The Labute approximate surface area is 127 Å². The molecule has 3 aromatic carbocycles. The average Bonchev–Trinajstić information content (AvgIpc) is 2.47. The van der Waals surface area contributed by atoms with E-state index in [1.807, 2.05) is 36.4 Å². The number of hydrogen-bond acceptors (Lipinski definition) is 2. The number of aryl methyl sites for hydroxylation is 1. The SMILES string of the molecule is Cc1cccc(Sc2ccc(C(=O)O)c3ccccc23)c1. The minimum atomic E-state index is -0.890. The van der Waals surface area contributed by atoms with E-state index < -0.39 is 5.97 Å². The lowest BCUT2D eigenvalue weighted by Gasteiger charge is -2.09. The third kappa shape index (κ3) is 2.78. The first-order valence-electron chi connectivity index (χ1n) is 6.65. The van der Waals surface area contributed by atoms with Gasteiger partial charge >= 0.3 is 5.97 Å². The van der Waals surface area contributed by atoms with Crippen molar-refractivity contribution in [2.24, 2.45) is 0 Å². The smallest absolute Gasteiger partial charge is 0.336 e. The Kier molecular flexibility index (Phi) is 3.67. The van der Waals surface area contributed by atoms with Crippen LogP contribution in [0.5, 0.6) is 0 Å². The number of carboxylic acids is 1. The van der Waals surface area contributed by atoms with Crippen LogP contribution in [0.25, 0.3) is 10.8 Å². The van der Waals surface area contributed by atoms with E-state index in [2.05, 4.69) is 25.1 Å². The van der Waals surface area contributed by atoms with E-state index in [1.165, 1.54) is 5.56 Å². The molecule has 3 rings (SSSR count). The predicted molar refractivity (Wildman–Crippen MR) is 86.2 cm³/mol. The van der Waals surface area contributed by atoms with Gasteiger partial charge < -0.3 is 5.11 Å². The second kappa shape index (κ2) is 5.62. The summed E-state index contributed by atoms with van der Waals surface area (Å²) in [5, 5.41) is 11.0. The van der Waals surface area contributed by atoms with Crippen molar-refractivity contribution in [3.05, 3.63) is 71.8 Å². The quantitative estimate of drug-likeness (QED) is 0.738. The van der Waals surface area contributed by atoms with Crippen LogP contribution < -0.4 is 0 Å². The zero-order chi connectivity index (χ0) is 14.8. The summed E-state index contributed by atoms with van der Waals surface area (Å²) < 4.78 is 0. The number of carboxylic acid groups (broad SMARTS) is 1. The van der Waals surface area contributed by atoms with Gasteiger partial charge in [0.15, 0.2) is 0 Å². The highest BCUT2D eigenvalue weighted by Crippen LogP contribution is 2.35. The van der Waals surface area contributed by atoms with Gasteiger partial charge in [-0.3, -0.25) is 0 Å². The molecule has 0 amide bonds. The van der Waals surface area contributed by atoms with E-state index in [0.717, 1.165) is 20.6 Å². The Hall–Kier alpha value is -2.26. The lowest BCUT2D eigenvalue weighted by Crippen LogP contribution is -1.97. The summed E-state index contributed by atoms with van der Waals surface area (Å²) in [6.45, 7) is 2.07. The Morgan fingerprint density at radius 2 is 1.71 bits per heavy atom. The van der Waals surface area contributed by atoms with Crippen LogP contribution in [0.15, 0.2) is 70.5 Å². The van der Waals surface area contributed by atoms with Crippen molar-refractivity contribution in [2.75, 3.05) is 0 Å². The number of fused-ring (bicyclic) bond motifs is 1. The van der Waals surface area contributed by atoms with E-state index in [9.17, 15) is 9.90 Å². The molecule has 0 aliphatic rings. The molecule has 1 N–H and O–H groups in total. The van der Waals surface area contributed by atoms with Crippen LogP contribution in [-0.4, -0.2) is 11.1 Å². The molecule has 0 atom stereocenters. The molecular formula is C18H14O2S. The Bertz CT molecular complexity index is 824. The van der Waals surface area contributed by atoms with Gasteiger partial charge in [0, 0.05) is 9.79 Å². The molecule has 0 radical (unpaired) electrons. The van der Waals surface area contributed by atoms with Gasteiger partial charge in [-0.1, -0.05) is 53.7 Å². The van der Waals surface area contributed by atoms with E-state index in [1.54, 1.807) is 17.8 Å². The number of benzene rings is 3. The van der Waals surface area contributed by atoms with Crippen LogP contribution in [0.2, 0.25) is 0 Å². The number of aromatic carboxylic acids is 1. The van der Waals surface area contributed by atoms with Crippen LogP contribution in [-0.2, 0) is 0 Å². The number of hydrogen-bond donors (Lipinski definition) is 1. The van der Waals surface area contributed by atoms with E-state index >= 15 is 0 Å². The standard InChI is InChI=1S/C18H14O2S/c1-12-5-4-6-13(11-12)21-17-10-9-16(18(19)20)14-7-2-3-8-15(14)17/h2-11H,1H3,(H,19,20). The predicted octanol–water partition coefficient (Wildman–Crippen LogP) is 5.00. The summed E-state index contributed by atoms with van der Waals surface area (Å²) in [5.74, 6) is -0.890. The van der Waals surface area contributed by atoms with E-state index in [-0.39, 0.29) is 0 Å². The van der Waals surface area contributed by atoms with Gasteiger partial charge in [0.05, 0.1) is 5.56 Å². The third-order valence-corrected chi connectivity index (χ3v) is 4.40. The average molecular weight is 294 g/mol. The molecule has 0 fully saturated rings. The van der Waals surface area contributed by atoms with Gasteiger partial charge in [0.1, 0.15) is 0 Å². The van der Waals surface area contributed by atoms with Crippen LogP contribution in [0, 0.1) is 6.92 Å². The molecule has 3 aromatic rings. The van der Waals surface area contributed by atoms with Gasteiger partial charge in [-0.05, 0) is 42.0 Å². The van der Waals surface area contributed by atoms with Crippen LogP contribution in [0.1, 0.15) is 15.9 Å². The third-order valence-electron chi connectivity index (χ3n) is 3.33. The topological polar surface area (TPSA) is 37.3 Å². The summed E-state index contributed by atoms with van der Waals surface area (Å²) in [6, 6.07) is 19.5. The Morgan fingerprint density at radius 3 is 2.43 bits per heavy atom. The molecular weight excluding hydrogens is 280 g/mol. The van der Waals surface area contributed by atoms with Crippen LogP contribution in [0.4, 0.5) is 0 Å². The van der Waals surface area contributed by atoms with Gasteiger partial charge in [0.25, 0.3) is 0 Å². The Morgan fingerprint density at radius 1 is 0.952 bits per heavy atom. The summed E-state index contributed by atoms with van der Waals surface area (Å²) in [6.07, 6.45) is 0. The second-order valence-electron chi connectivity index (χ2n) is 4.88. The second-order valence-corrected chi connectivity index (χ2v) is 6.00. The molecule has 2 nitrogen and oxygen atoms in total.